The summed E-state index contributed by atoms with van der Waals surface area (Å²) in [5.41, 5.74) is 8.76. The van der Waals surface area contributed by atoms with Crippen LogP contribution in [0.1, 0.15) is 28.8 Å². The normalized spacial score (nSPS) is 15.1. The molecule has 2 aromatic rings. The number of anilines is 2. The average Bonchev–Trinajstić information content (AvgIpc) is 2.93. The van der Waals surface area contributed by atoms with Gasteiger partial charge in [-0.15, -0.1) is 0 Å². The monoisotopic (exact) mass is 381 g/mol. The molecule has 1 saturated heterocycles. The highest BCUT2D eigenvalue weighted by Crippen LogP contribution is 2.20. The molecule has 7 nitrogen and oxygen atoms in total. The molecule has 0 bridgehead atoms. The quantitative estimate of drug-likeness (QED) is 0.799. The fourth-order valence-electron chi connectivity index (χ4n) is 3.46. The van der Waals surface area contributed by atoms with Crippen molar-refractivity contribution in [2.24, 2.45) is 5.73 Å². The Balaban J connectivity index is 1.46. The molecule has 1 fully saturated rings. The van der Waals surface area contributed by atoms with E-state index in [1.54, 1.807) is 24.3 Å². The Morgan fingerprint density at radius 3 is 2.61 bits per heavy atom. The van der Waals surface area contributed by atoms with E-state index in [9.17, 15) is 9.59 Å². The molecule has 0 spiro atoms. The molecule has 0 radical (unpaired) electrons. The van der Waals surface area contributed by atoms with Crippen LogP contribution in [0.5, 0.6) is 0 Å². The Morgan fingerprint density at radius 2 is 1.89 bits per heavy atom. The van der Waals surface area contributed by atoms with Crippen LogP contribution in [0.4, 0.5) is 11.4 Å². The van der Waals surface area contributed by atoms with Gasteiger partial charge in [0.2, 0.25) is 11.8 Å². The number of amides is 2. The number of pyridine rings is 1. The number of hydrogen-bond donors (Lipinski definition) is 2. The van der Waals surface area contributed by atoms with E-state index in [0.29, 0.717) is 17.7 Å². The molecule has 0 aliphatic carbocycles. The van der Waals surface area contributed by atoms with Crippen molar-refractivity contribution in [1.29, 1.82) is 0 Å². The summed E-state index contributed by atoms with van der Waals surface area (Å²) in [5.74, 6) is -0.507. The van der Waals surface area contributed by atoms with Crippen LogP contribution in [-0.2, 0) is 4.79 Å². The number of benzene rings is 1. The lowest BCUT2D eigenvalue weighted by Crippen LogP contribution is -2.33. The van der Waals surface area contributed by atoms with Crippen molar-refractivity contribution < 1.29 is 9.59 Å². The second kappa shape index (κ2) is 9.32. The van der Waals surface area contributed by atoms with Gasteiger partial charge in [0.05, 0.1) is 0 Å². The maximum atomic E-state index is 12.2. The maximum absolute atomic E-state index is 12.2. The third-order valence-corrected chi connectivity index (χ3v) is 5.03. The minimum atomic E-state index is -0.477. The zero-order valence-electron chi connectivity index (χ0n) is 16.2. The highest BCUT2D eigenvalue weighted by atomic mass is 16.2. The van der Waals surface area contributed by atoms with Gasteiger partial charge in [-0.1, -0.05) is 0 Å². The molecule has 0 atom stereocenters. The highest BCUT2D eigenvalue weighted by molar-refractivity contribution is 5.94. The summed E-state index contributed by atoms with van der Waals surface area (Å²) in [4.78, 5) is 32.2. The van der Waals surface area contributed by atoms with Crippen molar-refractivity contribution in [3.63, 3.8) is 0 Å². The number of rotatable bonds is 6. The van der Waals surface area contributed by atoms with E-state index in [-0.39, 0.29) is 5.91 Å². The van der Waals surface area contributed by atoms with E-state index in [0.717, 1.165) is 39.1 Å². The maximum Gasteiger partial charge on any atom is 0.248 e. The van der Waals surface area contributed by atoms with Gasteiger partial charge in [0.15, 0.2) is 0 Å². The van der Waals surface area contributed by atoms with Gasteiger partial charge in [-0.3, -0.25) is 14.6 Å². The van der Waals surface area contributed by atoms with Gasteiger partial charge in [0.1, 0.15) is 0 Å². The van der Waals surface area contributed by atoms with Crippen molar-refractivity contribution in [2.45, 2.75) is 19.8 Å². The molecule has 1 aliphatic rings. The summed E-state index contributed by atoms with van der Waals surface area (Å²) in [6, 6.07) is 8.69. The lowest BCUT2D eigenvalue weighted by molar-refractivity contribution is -0.116. The van der Waals surface area contributed by atoms with E-state index in [4.69, 9.17) is 5.73 Å². The molecule has 3 N–H and O–H groups in total. The van der Waals surface area contributed by atoms with Crippen LogP contribution in [0.3, 0.4) is 0 Å². The van der Waals surface area contributed by atoms with Gasteiger partial charge in [-0.2, -0.15) is 0 Å². The molecule has 2 amide bonds. The molecule has 0 saturated carbocycles. The van der Waals surface area contributed by atoms with Crippen LogP contribution in [-0.4, -0.2) is 54.4 Å². The van der Waals surface area contributed by atoms with Gasteiger partial charge in [-0.25, -0.2) is 0 Å². The standard InChI is InChI=1S/C21H27N5O2/c1-16-15-23-9-7-19(16)26-11-2-10-25(13-14-26)12-8-20(27)24-18-5-3-17(4-6-18)21(22)28/h3-7,9,15H,2,8,10-14H2,1H3,(H2,22,28)(H,24,27). The number of carbonyl (C=O) groups is 2. The third kappa shape index (κ3) is 5.29. The summed E-state index contributed by atoms with van der Waals surface area (Å²) >= 11 is 0. The predicted octanol–water partition coefficient (Wildman–Crippen LogP) is 2.03. The van der Waals surface area contributed by atoms with Crippen LogP contribution in [0.15, 0.2) is 42.7 Å². The van der Waals surface area contributed by atoms with E-state index in [2.05, 4.69) is 33.1 Å². The van der Waals surface area contributed by atoms with E-state index < -0.39 is 5.91 Å². The summed E-state index contributed by atoms with van der Waals surface area (Å²) in [5, 5.41) is 2.87. The molecule has 2 heterocycles. The summed E-state index contributed by atoms with van der Waals surface area (Å²) < 4.78 is 0. The fraction of sp³-hybridized carbons (Fsp3) is 0.381. The highest BCUT2D eigenvalue weighted by Gasteiger charge is 2.17. The number of hydrogen-bond acceptors (Lipinski definition) is 5. The Labute approximate surface area is 165 Å². The lowest BCUT2D eigenvalue weighted by atomic mass is 10.2. The number of aryl methyl sites for hydroxylation is 1. The topological polar surface area (TPSA) is 91.6 Å². The van der Waals surface area contributed by atoms with E-state index in [1.165, 1.54) is 11.3 Å². The molecule has 1 aromatic carbocycles. The largest absolute Gasteiger partial charge is 0.370 e. The zero-order chi connectivity index (χ0) is 19.9. The number of aromatic nitrogens is 1. The van der Waals surface area contributed by atoms with Crippen molar-refractivity contribution in [1.82, 2.24) is 9.88 Å². The summed E-state index contributed by atoms with van der Waals surface area (Å²) in [7, 11) is 0. The number of primary amides is 1. The van der Waals surface area contributed by atoms with Crippen molar-refractivity contribution in [2.75, 3.05) is 42.9 Å². The molecule has 7 heteroatoms. The lowest BCUT2D eigenvalue weighted by Gasteiger charge is -2.25. The predicted molar refractivity (Wildman–Crippen MR) is 110 cm³/mol. The molecule has 1 aliphatic heterocycles. The van der Waals surface area contributed by atoms with Crippen molar-refractivity contribution in [3.05, 3.63) is 53.9 Å². The fourth-order valence-corrected chi connectivity index (χ4v) is 3.46. The zero-order valence-corrected chi connectivity index (χ0v) is 16.2. The van der Waals surface area contributed by atoms with Gasteiger partial charge in [0, 0.05) is 61.9 Å². The second-order valence-electron chi connectivity index (χ2n) is 7.08. The molecule has 0 unspecified atom stereocenters. The van der Waals surface area contributed by atoms with Gasteiger partial charge in [0.25, 0.3) is 0 Å². The molecule has 28 heavy (non-hydrogen) atoms. The van der Waals surface area contributed by atoms with Gasteiger partial charge in [-0.05, 0) is 55.8 Å². The SMILES string of the molecule is Cc1cnccc1N1CCCN(CCC(=O)Nc2ccc(C(N)=O)cc2)CC1. The Kier molecular flexibility index (Phi) is 6.60. The van der Waals surface area contributed by atoms with Crippen molar-refractivity contribution >= 4 is 23.2 Å². The first-order valence-electron chi connectivity index (χ1n) is 9.60. The van der Waals surface area contributed by atoms with Gasteiger partial charge < -0.3 is 20.9 Å². The van der Waals surface area contributed by atoms with Gasteiger partial charge >= 0.3 is 0 Å². The minimum absolute atomic E-state index is 0.0297. The first-order chi connectivity index (χ1) is 13.5. The number of nitrogens with zero attached hydrogens (tertiary/aromatic N) is 3. The van der Waals surface area contributed by atoms with Crippen LogP contribution >= 0.6 is 0 Å². The van der Waals surface area contributed by atoms with Crippen LogP contribution in [0.2, 0.25) is 0 Å². The smallest absolute Gasteiger partial charge is 0.248 e. The van der Waals surface area contributed by atoms with E-state index >= 15 is 0 Å². The van der Waals surface area contributed by atoms with E-state index in [1.807, 2.05) is 12.4 Å². The van der Waals surface area contributed by atoms with Crippen molar-refractivity contribution in [3.8, 4) is 0 Å². The molecular weight excluding hydrogens is 354 g/mol. The molecule has 3 rings (SSSR count). The third-order valence-electron chi connectivity index (χ3n) is 5.03. The number of nitrogens with two attached hydrogens (primary N) is 1. The molecule has 148 valence electrons. The Bertz CT molecular complexity index is 822. The Morgan fingerprint density at radius 1 is 1.11 bits per heavy atom. The second-order valence-corrected chi connectivity index (χ2v) is 7.08. The number of nitrogens with one attached hydrogen (secondary N) is 1. The molecule has 1 aromatic heterocycles. The van der Waals surface area contributed by atoms with Crippen LogP contribution in [0.25, 0.3) is 0 Å². The number of carbonyl (C=O) groups excluding carboxylic acids is 2. The molecular formula is C21H27N5O2. The average molecular weight is 381 g/mol. The Hall–Kier alpha value is -2.93. The summed E-state index contributed by atoms with van der Waals surface area (Å²) in [6.45, 7) is 6.70. The van der Waals surface area contributed by atoms with Crippen LogP contribution in [0, 0.1) is 6.92 Å². The minimum Gasteiger partial charge on any atom is -0.370 e. The first kappa shape index (κ1) is 19.8. The first-order valence-corrected chi connectivity index (χ1v) is 9.60. The van der Waals surface area contributed by atoms with Crippen LogP contribution < -0.4 is 16.0 Å². The summed E-state index contributed by atoms with van der Waals surface area (Å²) in [6.07, 6.45) is 5.24.